The third-order valence-corrected chi connectivity index (χ3v) is 6.29. The van der Waals surface area contributed by atoms with Crippen LogP contribution in [0.25, 0.3) is 22.2 Å². The minimum atomic E-state index is -0.681. The zero-order valence-corrected chi connectivity index (χ0v) is 22.9. The molecule has 41 heavy (non-hydrogen) atoms. The van der Waals surface area contributed by atoms with E-state index in [1.165, 1.54) is 6.33 Å². The van der Waals surface area contributed by atoms with Gasteiger partial charge in [0, 0.05) is 36.9 Å². The quantitative estimate of drug-likeness (QED) is 0.190. The predicted molar refractivity (Wildman–Crippen MR) is 154 cm³/mol. The lowest BCUT2D eigenvalue weighted by molar-refractivity contribution is 0.132. The largest absolute Gasteiger partial charge is 0.487 e. The molecule has 0 amide bonds. The average Bonchev–Trinajstić information content (AvgIpc) is 3.47. The van der Waals surface area contributed by atoms with Crippen molar-refractivity contribution in [1.82, 2.24) is 25.0 Å². The number of nitrogens with zero attached hydrogens (tertiary/aromatic N) is 5. The van der Waals surface area contributed by atoms with Crippen molar-refractivity contribution >= 4 is 22.4 Å². The van der Waals surface area contributed by atoms with Crippen LogP contribution in [0.4, 0.5) is 11.5 Å². The van der Waals surface area contributed by atoms with Gasteiger partial charge in [0.1, 0.15) is 31.1 Å². The van der Waals surface area contributed by atoms with E-state index in [0.29, 0.717) is 61.5 Å². The maximum atomic E-state index is 10.6. The van der Waals surface area contributed by atoms with Gasteiger partial charge in [-0.2, -0.15) is 0 Å². The molecule has 5 aromatic rings. The van der Waals surface area contributed by atoms with Crippen molar-refractivity contribution in [3.05, 3.63) is 84.8 Å². The molecule has 0 aliphatic carbocycles. The van der Waals surface area contributed by atoms with Crippen LogP contribution in [0, 0.1) is 0 Å². The van der Waals surface area contributed by atoms with Crippen LogP contribution in [0.1, 0.15) is 11.7 Å². The Bertz CT molecular complexity index is 1560. The van der Waals surface area contributed by atoms with Crippen LogP contribution in [0.5, 0.6) is 11.5 Å². The van der Waals surface area contributed by atoms with E-state index >= 15 is 0 Å². The number of fused-ring (bicyclic) bond motifs is 1. The fourth-order valence-electron chi connectivity index (χ4n) is 4.23. The fourth-order valence-corrected chi connectivity index (χ4v) is 4.23. The molecule has 0 spiro atoms. The number of hydrogen-bond donors (Lipinski definition) is 2. The second-order valence-corrected chi connectivity index (χ2v) is 9.18. The molecular weight excluding hydrogens is 524 g/mol. The number of aliphatic hydroxyl groups is 1. The summed E-state index contributed by atoms with van der Waals surface area (Å²) in [6.07, 6.45) is 2.64. The monoisotopic (exact) mass is 556 g/mol. The first-order chi connectivity index (χ1) is 20.1. The smallest absolute Gasteiger partial charge is 0.163 e. The molecule has 1 atom stereocenters. The van der Waals surface area contributed by atoms with Gasteiger partial charge in [0.25, 0.3) is 0 Å². The molecular formula is C30H32N6O5. The van der Waals surface area contributed by atoms with Crippen LogP contribution >= 0.6 is 0 Å². The predicted octanol–water partition coefficient (Wildman–Crippen LogP) is 4.42. The van der Waals surface area contributed by atoms with Gasteiger partial charge in [-0.05, 0) is 23.8 Å². The molecule has 0 radical (unpaired) electrons. The summed E-state index contributed by atoms with van der Waals surface area (Å²) in [4.78, 5) is 8.93. The van der Waals surface area contributed by atoms with Crippen LogP contribution in [0.2, 0.25) is 0 Å². The molecule has 0 unspecified atom stereocenters. The first kappa shape index (κ1) is 28.0. The molecule has 2 N–H and O–H groups in total. The van der Waals surface area contributed by atoms with Gasteiger partial charge in [0.05, 0.1) is 37.6 Å². The van der Waals surface area contributed by atoms with Gasteiger partial charge >= 0.3 is 0 Å². The minimum absolute atomic E-state index is 0.299. The van der Waals surface area contributed by atoms with Crippen molar-refractivity contribution in [2.45, 2.75) is 12.6 Å². The molecule has 3 aromatic carbocycles. The number of aromatic nitrogens is 5. The Hall–Kier alpha value is -4.58. The van der Waals surface area contributed by atoms with Crippen LogP contribution in [0.3, 0.4) is 0 Å². The summed E-state index contributed by atoms with van der Waals surface area (Å²) in [5, 5.41) is 23.3. The van der Waals surface area contributed by atoms with Crippen molar-refractivity contribution in [2.75, 3.05) is 46.0 Å². The van der Waals surface area contributed by atoms with E-state index in [9.17, 15) is 5.11 Å². The van der Waals surface area contributed by atoms with Crippen LogP contribution in [-0.4, -0.2) is 70.7 Å². The number of aliphatic hydroxyl groups excluding tert-OH is 1. The first-order valence-electron chi connectivity index (χ1n) is 13.2. The Balaban J connectivity index is 1.36. The lowest BCUT2D eigenvalue weighted by atomic mass is 10.1. The Kier molecular flexibility index (Phi) is 9.32. The van der Waals surface area contributed by atoms with Crippen molar-refractivity contribution in [1.29, 1.82) is 0 Å². The molecule has 2 heterocycles. The number of anilines is 2. The topological polar surface area (TPSA) is 126 Å². The minimum Gasteiger partial charge on any atom is -0.487 e. The van der Waals surface area contributed by atoms with Crippen LogP contribution in [0.15, 0.2) is 79.3 Å². The fraction of sp³-hybridized carbons (Fsp3) is 0.267. The lowest BCUT2D eigenvalue weighted by Crippen LogP contribution is -2.09. The van der Waals surface area contributed by atoms with Gasteiger partial charge in [-0.3, -0.25) is 0 Å². The van der Waals surface area contributed by atoms with Gasteiger partial charge in [-0.1, -0.05) is 47.7 Å². The van der Waals surface area contributed by atoms with E-state index in [-0.39, 0.29) is 0 Å². The molecule has 0 saturated heterocycles. The highest BCUT2D eigenvalue weighted by Crippen LogP contribution is 2.35. The third kappa shape index (κ3) is 7.14. The number of ether oxygens (including phenoxy) is 4. The van der Waals surface area contributed by atoms with Gasteiger partial charge < -0.3 is 29.4 Å². The molecule has 2 aromatic heterocycles. The van der Waals surface area contributed by atoms with E-state index in [1.54, 1.807) is 18.9 Å². The number of methoxy groups -OCH3 is 2. The second-order valence-electron chi connectivity index (χ2n) is 9.18. The number of benzene rings is 3. The van der Waals surface area contributed by atoms with Gasteiger partial charge in [0.2, 0.25) is 0 Å². The highest BCUT2D eigenvalue weighted by Gasteiger charge is 2.14. The standard InChI is InChI=1S/C30H32N6O5/c1-38-11-13-40-28-16-24-25(17-29(28)41-14-12-39-2)31-20-32-30(24)33-23-10-6-9-22(15-23)26-18-36(35-34-26)19-27(37)21-7-4-3-5-8-21/h3-10,15-18,20,27,37H,11-14,19H2,1-2H3,(H,31,32,33)/t27-/m1/s1. The molecule has 0 aliphatic heterocycles. The zero-order valence-electron chi connectivity index (χ0n) is 22.9. The van der Waals surface area contributed by atoms with Crippen LogP contribution < -0.4 is 14.8 Å². The van der Waals surface area contributed by atoms with Crippen molar-refractivity contribution < 1.29 is 24.1 Å². The Morgan fingerprint density at radius 2 is 1.61 bits per heavy atom. The number of hydrogen-bond acceptors (Lipinski definition) is 10. The van der Waals surface area contributed by atoms with E-state index in [2.05, 4.69) is 25.6 Å². The van der Waals surface area contributed by atoms with Crippen molar-refractivity contribution in [3.8, 4) is 22.8 Å². The van der Waals surface area contributed by atoms with Crippen molar-refractivity contribution in [3.63, 3.8) is 0 Å². The lowest BCUT2D eigenvalue weighted by Gasteiger charge is -2.15. The Morgan fingerprint density at radius 3 is 2.37 bits per heavy atom. The summed E-state index contributed by atoms with van der Waals surface area (Å²) in [6, 6.07) is 21.0. The van der Waals surface area contributed by atoms with Gasteiger partial charge in [0.15, 0.2) is 11.5 Å². The van der Waals surface area contributed by atoms with E-state index in [0.717, 1.165) is 22.2 Å². The second kappa shape index (κ2) is 13.7. The molecule has 5 rings (SSSR count). The van der Waals surface area contributed by atoms with E-state index < -0.39 is 6.10 Å². The van der Waals surface area contributed by atoms with Gasteiger partial charge in [-0.15, -0.1) is 5.10 Å². The summed E-state index contributed by atoms with van der Waals surface area (Å²) >= 11 is 0. The third-order valence-electron chi connectivity index (χ3n) is 6.29. The van der Waals surface area contributed by atoms with E-state index in [4.69, 9.17) is 18.9 Å². The summed E-state index contributed by atoms with van der Waals surface area (Å²) in [7, 11) is 3.25. The molecule has 11 nitrogen and oxygen atoms in total. The molecule has 212 valence electrons. The van der Waals surface area contributed by atoms with Gasteiger partial charge in [-0.25, -0.2) is 14.6 Å². The first-order valence-corrected chi connectivity index (χ1v) is 13.2. The maximum Gasteiger partial charge on any atom is 0.163 e. The number of nitrogens with one attached hydrogen (secondary N) is 1. The molecule has 0 saturated carbocycles. The SMILES string of the molecule is COCCOc1cc2ncnc(Nc3cccc(-c4cn(C[C@@H](O)c5ccccc5)nn4)c3)c2cc1OCCOC. The Labute approximate surface area is 237 Å². The Morgan fingerprint density at radius 1 is 0.854 bits per heavy atom. The normalized spacial score (nSPS) is 11.9. The summed E-state index contributed by atoms with van der Waals surface area (Å²) in [5.41, 5.74) is 3.89. The summed E-state index contributed by atoms with van der Waals surface area (Å²) in [5.74, 6) is 1.74. The molecule has 0 aliphatic rings. The summed E-state index contributed by atoms with van der Waals surface area (Å²) < 4.78 is 23.7. The number of rotatable bonds is 14. The molecule has 0 fully saturated rings. The summed E-state index contributed by atoms with van der Waals surface area (Å²) in [6.45, 7) is 1.93. The molecule has 0 bridgehead atoms. The highest BCUT2D eigenvalue weighted by molar-refractivity contribution is 5.93. The highest BCUT2D eigenvalue weighted by atomic mass is 16.5. The molecule has 11 heteroatoms. The van der Waals surface area contributed by atoms with E-state index in [1.807, 2.05) is 72.9 Å². The van der Waals surface area contributed by atoms with Crippen molar-refractivity contribution in [2.24, 2.45) is 0 Å². The zero-order chi connectivity index (χ0) is 28.4. The van der Waals surface area contributed by atoms with Crippen LogP contribution in [-0.2, 0) is 16.0 Å². The average molecular weight is 557 g/mol. The maximum absolute atomic E-state index is 10.6.